The lowest BCUT2D eigenvalue weighted by atomic mass is 10.3. The zero-order valence-electron chi connectivity index (χ0n) is 8.43. The first kappa shape index (κ1) is 13.0. The molecule has 0 atom stereocenters. The van der Waals surface area contributed by atoms with Crippen LogP contribution in [0.4, 0.5) is 11.4 Å². The van der Waals surface area contributed by atoms with Crippen molar-refractivity contribution in [3.63, 3.8) is 0 Å². The Balaban J connectivity index is 0.000000253. The number of nitrogens with two attached hydrogens (primary N) is 2. The van der Waals surface area contributed by atoms with Crippen LogP contribution in [0.5, 0.6) is 0 Å². The molecule has 15 heavy (non-hydrogen) atoms. The van der Waals surface area contributed by atoms with Crippen molar-refractivity contribution in [1.29, 1.82) is 0 Å². The van der Waals surface area contributed by atoms with Gasteiger partial charge in [-0.15, -0.1) is 0 Å². The van der Waals surface area contributed by atoms with Crippen molar-refractivity contribution in [3.05, 3.63) is 60.7 Å². The molecule has 0 saturated carbocycles. The first-order valence-electron chi connectivity index (χ1n) is 4.40. The zero-order chi connectivity index (χ0) is 10.2. The Morgan fingerprint density at radius 1 is 0.533 bits per heavy atom. The van der Waals surface area contributed by atoms with Gasteiger partial charge in [-0.3, -0.25) is 0 Å². The Kier molecular flexibility index (Phi) is 6.42. The van der Waals surface area contributed by atoms with Gasteiger partial charge in [0.1, 0.15) is 0 Å². The highest BCUT2D eigenvalue weighted by Crippen LogP contribution is 2.10. The number of nitrogen functional groups attached to an aromatic ring is 2. The molecule has 2 aromatic rings. The van der Waals surface area contributed by atoms with Crippen molar-refractivity contribution < 1.29 is 5.48 Å². The number of hydrogen-bond donors (Lipinski definition) is 2. The van der Waals surface area contributed by atoms with E-state index >= 15 is 0 Å². The highest BCUT2D eigenvalue weighted by atomic mass is 16.0. The van der Waals surface area contributed by atoms with E-state index in [4.69, 9.17) is 11.5 Å². The van der Waals surface area contributed by atoms with Gasteiger partial charge in [0, 0.05) is 0 Å². The molecule has 0 aromatic heterocycles. The van der Waals surface area contributed by atoms with Crippen molar-refractivity contribution >= 4 is 11.4 Å². The Hall–Kier alpha value is -2.00. The third kappa shape index (κ3) is 5.33. The second-order valence-corrected chi connectivity index (χ2v) is 2.78. The zero-order valence-corrected chi connectivity index (χ0v) is 8.43. The minimum atomic E-state index is 0. The van der Waals surface area contributed by atoms with Crippen LogP contribution in [0.1, 0.15) is 0 Å². The van der Waals surface area contributed by atoms with E-state index < -0.39 is 0 Å². The number of para-hydroxylation sites is 2. The van der Waals surface area contributed by atoms with Gasteiger partial charge in [-0.2, -0.15) is 0 Å². The minimum absolute atomic E-state index is 0. The molecule has 0 radical (unpaired) electrons. The van der Waals surface area contributed by atoms with E-state index in [0.717, 1.165) is 0 Å². The second kappa shape index (κ2) is 7.41. The van der Waals surface area contributed by atoms with E-state index in [9.17, 15) is 0 Å². The smallest absolute Gasteiger partial charge is 0.0547 e. The van der Waals surface area contributed by atoms with Crippen LogP contribution < -0.4 is 11.5 Å². The van der Waals surface area contributed by atoms with Crippen molar-refractivity contribution in [2.24, 2.45) is 0 Å². The van der Waals surface area contributed by atoms with E-state index in [-0.39, 0.29) is 5.48 Å². The molecule has 0 bridgehead atoms. The maximum atomic E-state index is 5.39. The summed E-state index contributed by atoms with van der Waals surface area (Å²) in [6, 6.07) is 19.3. The first-order chi connectivity index (χ1) is 6.80. The fourth-order valence-electron chi connectivity index (χ4n) is 0.896. The van der Waals surface area contributed by atoms with Crippen LogP contribution in [0, 0.1) is 0 Å². The summed E-state index contributed by atoms with van der Waals surface area (Å²) in [5.74, 6) is 0. The van der Waals surface area contributed by atoms with Crippen LogP contribution in [-0.4, -0.2) is 5.48 Å². The summed E-state index contributed by atoms with van der Waals surface area (Å²) in [5, 5.41) is 0. The van der Waals surface area contributed by atoms with Gasteiger partial charge >= 0.3 is 0 Å². The largest absolute Gasteiger partial charge is 0.412 e. The molecule has 0 aliphatic carbocycles. The van der Waals surface area contributed by atoms with Crippen LogP contribution in [-0.2, 0) is 0 Å². The van der Waals surface area contributed by atoms with Crippen LogP contribution in [0.15, 0.2) is 60.7 Å². The second-order valence-electron chi connectivity index (χ2n) is 2.78. The van der Waals surface area contributed by atoms with Crippen LogP contribution in [0.2, 0.25) is 0 Å². The molecule has 0 aliphatic rings. The summed E-state index contributed by atoms with van der Waals surface area (Å²) < 4.78 is 0. The average molecular weight is 204 g/mol. The predicted molar refractivity (Wildman–Crippen MR) is 65.3 cm³/mol. The highest BCUT2D eigenvalue weighted by molar-refractivity contribution is 5.62. The fraction of sp³-hybridized carbons (Fsp3) is 0. The Labute approximate surface area is 89.7 Å². The number of rotatable bonds is 0. The van der Waals surface area contributed by atoms with Gasteiger partial charge in [0.15, 0.2) is 0 Å². The quantitative estimate of drug-likeness (QED) is 0.640. The van der Waals surface area contributed by atoms with Gasteiger partial charge in [-0.05, 0) is 12.1 Å². The van der Waals surface area contributed by atoms with Gasteiger partial charge in [0.25, 0.3) is 0 Å². The summed E-state index contributed by atoms with van der Waals surface area (Å²) in [5.41, 5.74) is 12.1. The summed E-state index contributed by atoms with van der Waals surface area (Å²) in [6.07, 6.45) is 0. The molecule has 2 rings (SSSR count). The third-order valence-electron chi connectivity index (χ3n) is 1.66. The van der Waals surface area contributed by atoms with Gasteiger partial charge < -0.3 is 16.9 Å². The van der Waals surface area contributed by atoms with Gasteiger partial charge in [-0.25, -0.2) is 0 Å². The normalized spacial score (nSPS) is 8.00. The monoisotopic (exact) mass is 204 g/mol. The SMILES string of the molecule is Nc1ccccc1N.O.c1ccccc1. The van der Waals surface area contributed by atoms with Crippen molar-refractivity contribution in [3.8, 4) is 0 Å². The summed E-state index contributed by atoms with van der Waals surface area (Å²) in [4.78, 5) is 0. The van der Waals surface area contributed by atoms with Gasteiger partial charge in [-0.1, -0.05) is 48.5 Å². The average Bonchev–Trinajstić information content (AvgIpc) is 2.26. The topological polar surface area (TPSA) is 83.5 Å². The maximum Gasteiger partial charge on any atom is 0.0547 e. The van der Waals surface area contributed by atoms with E-state index in [2.05, 4.69) is 0 Å². The van der Waals surface area contributed by atoms with E-state index in [0.29, 0.717) is 11.4 Å². The Bertz CT molecular complexity index is 315. The van der Waals surface area contributed by atoms with E-state index in [1.807, 2.05) is 48.5 Å². The summed E-state index contributed by atoms with van der Waals surface area (Å²) >= 11 is 0. The third-order valence-corrected chi connectivity index (χ3v) is 1.66. The number of benzene rings is 2. The molecule has 3 heteroatoms. The molecule has 6 N–H and O–H groups in total. The van der Waals surface area contributed by atoms with Crippen LogP contribution in [0.25, 0.3) is 0 Å². The summed E-state index contributed by atoms with van der Waals surface area (Å²) in [7, 11) is 0. The molecule has 0 spiro atoms. The molecular weight excluding hydrogens is 188 g/mol. The lowest BCUT2D eigenvalue weighted by Crippen LogP contribution is -1.91. The highest BCUT2D eigenvalue weighted by Gasteiger charge is 1.85. The number of anilines is 2. The molecule has 3 nitrogen and oxygen atoms in total. The Morgan fingerprint density at radius 3 is 1.00 bits per heavy atom. The molecule has 0 fully saturated rings. The Morgan fingerprint density at radius 2 is 0.800 bits per heavy atom. The van der Waals surface area contributed by atoms with Crippen LogP contribution >= 0.6 is 0 Å². The summed E-state index contributed by atoms with van der Waals surface area (Å²) in [6.45, 7) is 0. The molecule has 0 amide bonds. The van der Waals surface area contributed by atoms with E-state index in [1.165, 1.54) is 0 Å². The molecule has 0 saturated heterocycles. The number of hydrogen-bond acceptors (Lipinski definition) is 2. The fourth-order valence-corrected chi connectivity index (χ4v) is 0.896. The van der Waals surface area contributed by atoms with Crippen LogP contribution in [0.3, 0.4) is 0 Å². The van der Waals surface area contributed by atoms with Gasteiger partial charge in [0.05, 0.1) is 11.4 Å². The predicted octanol–water partition coefficient (Wildman–Crippen LogP) is 1.71. The molecule has 0 unspecified atom stereocenters. The van der Waals surface area contributed by atoms with Crippen molar-refractivity contribution in [1.82, 2.24) is 0 Å². The van der Waals surface area contributed by atoms with Crippen molar-refractivity contribution in [2.45, 2.75) is 0 Å². The first-order valence-corrected chi connectivity index (χ1v) is 4.40. The molecule has 80 valence electrons. The minimum Gasteiger partial charge on any atom is -0.412 e. The lowest BCUT2D eigenvalue weighted by Gasteiger charge is -1.94. The maximum absolute atomic E-state index is 5.39. The molecule has 0 heterocycles. The standard InChI is InChI=1S/C6H8N2.C6H6.H2O/c7-5-3-1-2-4-6(5)8;1-2-4-6-5-3-1;/h1-4H,7-8H2;1-6H;1H2. The molecule has 2 aromatic carbocycles. The van der Waals surface area contributed by atoms with E-state index in [1.54, 1.807) is 12.1 Å². The van der Waals surface area contributed by atoms with Gasteiger partial charge in [0.2, 0.25) is 0 Å². The van der Waals surface area contributed by atoms with Crippen molar-refractivity contribution in [2.75, 3.05) is 11.5 Å². The molecular formula is C12H16N2O. The molecule has 0 aliphatic heterocycles. The lowest BCUT2D eigenvalue weighted by molar-refractivity contribution is 0.824.